The number of nitrogens with one attached hydrogen (secondary N) is 2. The average molecular weight is 389 g/mol. The lowest BCUT2D eigenvalue weighted by molar-refractivity contribution is 0.372. The normalized spacial score (nSPS) is 11.6. The SMILES string of the molecule is COc1cc(/N=N/c2c[nH]c(/C=C/c3ncc[nH]3)n2)cc(Br)c1O. The number of aromatic hydroxyl groups is 1. The molecule has 24 heavy (non-hydrogen) atoms. The number of aromatic amines is 2. The van der Waals surface area contributed by atoms with Crippen LogP contribution in [0.2, 0.25) is 0 Å². The Labute approximate surface area is 145 Å². The zero-order valence-corrected chi connectivity index (χ0v) is 14.1. The highest BCUT2D eigenvalue weighted by atomic mass is 79.9. The van der Waals surface area contributed by atoms with Crippen molar-refractivity contribution in [1.29, 1.82) is 0 Å². The second-order valence-corrected chi connectivity index (χ2v) is 5.48. The summed E-state index contributed by atoms with van der Waals surface area (Å²) in [5.41, 5.74) is 0.521. The second kappa shape index (κ2) is 7.09. The molecule has 0 radical (unpaired) electrons. The predicted octanol–water partition coefficient (Wildman–Crippen LogP) is 4.20. The predicted molar refractivity (Wildman–Crippen MR) is 92.6 cm³/mol. The van der Waals surface area contributed by atoms with Crippen LogP contribution in [0.3, 0.4) is 0 Å². The van der Waals surface area contributed by atoms with Crippen LogP contribution in [0.4, 0.5) is 11.5 Å². The zero-order valence-electron chi connectivity index (χ0n) is 12.6. The Kier molecular flexibility index (Phi) is 4.71. The molecule has 0 bridgehead atoms. The molecule has 0 aliphatic heterocycles. The number of H-pyrrole nitrogens is 2. The number of imidazole rings is 2. The number of azo groups is 1. The van der Waals surface area contributed by atoms with Crippen LogP contribution >= 0.6 is 15.9 Å². The van der Waals surface area contributed by atoms with Gasteiger partial charge in [0.15, 0.2) is 17.3 Å². The minimum absolute atomic E-state index is 0.0153. The summed E-state index contributed by atoms with van der Waals surface area (Å²) in [4.78, 5) is 14.3. The first-order chi connectivity index (χ1) is 11.7. The fraction of sp³-hybridized carbons (Fsp3) is 0.0667. The number of nitrogens with zero attached hydrogens (tertiary/aromatic N) is 4. The molecule has 3 rings (SSSR count). The zero-order chi connectivity index (χ0) is 16.9. The first-order valence-corrected chi connectivity index (χ1v) is 7.66. The number of hydrogen-bond donors (Lipinski definition) is 3. The van der Waals surface area contributed by atoms with E-state index in [0.29, 0.717) is 27.6 Å². The molecule has 0 aliphatic rings. The van der Waals surface area contributed by atoms with E-state index in [-0.39, 0.29) is 5.75 Å². The number of halogens is 1. The topological polar surface area (TPSA) is 112 Å². The maximum absolute atomic E-state index is 9.77. The maximum Gasteiger partial charge on any atom is 0.192 e. The number of phenols is 1. The van der Waals surface area contributed by atoms with Gasteiger partial charge in [0.2, 0.25) is 0 Å². The van der Waals surface area contributed by atoms with Gasteiger partial charge in [-0.15, -0.1) is 10.2 Å². The van der Waals surface area contributed by atoms with Crippen LogP contribution in [-0.4, -0.2) is 32.2 Å². The van der Waals surface area contributed by atoms with E-state index < -0.39 is 0 Å². The van der Waals surface area contributed by atoms with Crippen LogP contribution in [0.5, 0.6) is 11.5 Å². The summed E-state index contributed by atoms with van der Waals surface area (Å²) < 4.78 is 5.54. The van der Waals surface area contributed by atoms with Gasteiger partial charge in [0.25, 0.3) is 0 Å². The molecule has 0 saturated carbocycles. The van der Waals surface area contributed by atoms with Gasteiger partial charge in [0.05, 0.1) is 17.3 Å². The Hall–Kier alpha value is -2.94. The van der Waals surface area contributed by atoms with Gasteiger partial charge in [-0.1, -0.05) is 0 Å². The fourth-order valence-electron chi connectivity index (χ4n) is 1.87. The Morgan fingerprint density at radius 2 is 2.04 bits per heavy atom. The number of hydrogen-bond acceptors (Lipinski definition) is 6. The summed E-state index contributed by atoms with van der Waals surface area (Å²) >= 11 is 3.24. The largest absolute Gasteiger partial charge is 0.503 e. The molecule has 0 spiro atoms. The van der Waals surface area contributed by atoms with E-state index in [0.717, 1.165) is 5.82 Å². The summed E-state index contributed by atoms with van der Waals surface area (Å²) in [6.07, 6.45) is 8.62. The molecule has 122 valence electrons. The molecule has 2 aromatic heterocycles. The third-order valence-electron chi connectivity index (χ3n) is 3.00. The standard InChI is InChI=1S/C15H13BrN6O2/c1-24-11-7-9(6-10(16)15(11)23)21-22-14-8-19-13(20-14)3-2-12-17-4-5-18-12/h2-8,23H,1H3,(H,17,18)(H,19,20)/b3-2+,22-21+. The van der Waals surface area contributed by atoms with E-state index in [1.165, 1.54) is 7.11 Å². The summed E-state index contributed by atoms with van der Waals surface area (Å²) in [5.74, 6) is 2.11. The van der Waals surface area contributed by atoms with Gasteiger partial charge in [0, 0.05) is 24.7 Å². The molecular formula is C15H13BrN6O2. The molecule has 9 heteroatoms. The van der Waals surface area contributed by atoms with Crippen molar-refractivity contribution in [1.82, 2.24) is 19.9 Å². The maximum atomic E-state index is 9.77. The number of phenolic OH excluding ortho intramolecular Hbond substituents is 1. The smallest absolute Gasteiger partial charge is 0.192 e. The molecular weight excluding hydrogens is 376 g/mol. The van der Waals surface area contributed by atoms with Crippen molar-refractivity contribution in [2.45, 2.75) is 0 Å². The highest BCUT2D eigenvalue weighted by Crippen LogP contribution is 2.38. The van der Waals surface area contributed by atoms with Gasteiger partial charge in [-0.2, -0.15) is 0 Å². The van der Waals surface area contributed by atoms with Crippen molar-refractivity contribution < 1.29 is 9.84 Å². The molecule has 3 N–H and O–H groups in total. The van der Waals surface area contributed by atoms with Crippen LogP contribution in [0.15, 0.2) is 45.4 Å². The number of methoxy groups -OCH3 is 1. The Morgan fingerprint density at radius 1 is 1.21 bits per heavy atom. The van der Waals surface area contributed by atoms with Crippen molar-refractivity contribution in [3.8, 4) is 11.5 Å². The molecule has 0 amide bonds. The lowest BCUT2D eigenvalue weighted by atomic mass is 10.3. The van der Waals surface area contributed by atoms with Crippen LogP contribution in [-0.2, 0) is 0 Å². The molecule has 0 saturated heterocycles. The fourth-order valence-corrected chi connectivity index (χ4v) is 2.30. The van der Waals surface area contributed by atoms with Gasteiger partial charge in [-0.05, 0) is 34.1 Å². The lowest BCUT2D eigenvalue weighted by Crippen LogP contribution is -1.83. The Balaban J connectivity index is 1.75. The highest BCUT2D eigenvalue weighted by Gasteiger charge is 2.08. The Bertz CT molecular complexity index is 886. The molecule has 1 aromatic carbocycles. The van der Waals surface area contributed by atoms with Crippen LogP contribution in [0.1, 0.15) is 11.6 Å². The van der Waals surface area contributed by atoms with Gasteiger partial charge in [0.1, 0.15) is 11.6 Å². The molecule has 8 nitrogen and oxygen atoms in total. The molecule has 0 atom stereocenters. The van der Waals surface area contributed by atoms with Crippen molar-refractivity contribution in [3.63, 3.8) is 0 Å². The average Bonchev–Trinajstić information content (AvgIpc) is 3.25. The van der Waals surface area contributed by atoms with Crippen molar-refractivity contribution in [2.75, 3.05) is 7.11 Å². The van der Waals surface area contributed by atoms with Gasteiger partial charge in [-0.3, -0.25) is 0 Å². The van der Waals surface area contributed by atoms with Gasteiger partial charge < -0.3 is 19.8 Å². The number of benzene rings is 1. The third kappa shape index (κ3) is 3.69. The molecule has 2 heterocycles. The van der Waals surface area contributed by atoms with Crippen LogP contribution < -0.4 is 4.74 Å². The van der Waals surface area contributed by atoms with E-state index in [1.54, 1.807) is 42.9 Å². The number of aromatic nitrogens is 4. The number of ether oxygens (including phenoxy) is 1. The van der Waals surface area contributed by atoms with E-state index >= 15 is 0 Å². The van der Waals surface area contributed by atoms with Crippen molar-refractivity contribution in [3.05, 3.63) is 46.8 Å². The summed E-state index contributed by atoms with van der Waals surface area (Å²) in [5, 5.41) is 17.9. The van der Waals surface area contributed by atoms with E-state index in [1.807, 2.05) is 0 Å². The Morgan fingerprint density at radius 3 is 2.79 bits per heavy atom. The molecule has 0 unspecified atom stereocenters. The minimum atomic E-state index is 0.0153. The van der Waals surface area contributed by atoms with E-state index in [2.05, 4.69) is 46.1 Å². The number of rotatable bonds is 5. The quantitative estimate of drug-likeness (QED) is 0.568. The van der Waals surface area contributed by atoms with Gasteiger partial charge >= 0.3 is 0 Å². The van der Waals surface area contributed by atoms with Crippen LogP contribution in [0, 0.1) is 0 Å². The van der Waals surface area contributed by atoms with Crippen molar-refractivity contribution in [2.24, 2.45) is 10.2 Å². The highest BCUT2D eigenvalue weighted by molar-refractivity contribution is 9.10. The molecule has 0 fully saturated rings. The summed E-state index contributed by atoms with van der Waals surface area (Å²) in [7, 11) is 1.47. The monoisotopic (exact) mass is 388 g/mol. The second-order valence-electron chi connectivity index (χ2n) is 4.63. The molecule has 3 aromatic rings. The van der Waals surface area contributed by atoms with E-state index in [9.17, 15) is 5.11 Å². The van der Waals surface area contributed by atoms with Crippen LogP contribution in [0.25, 0.3) is 12.2 Å². The lowest BCUT2D eigenvalue weighted by Gasteiger charge is -2.05. The minimum Gasteiger partial charge on any atom is -0.503 e. The summed E-state index contributed by atoms with van der Waals surface area (Å²) in [6.45, 7) is 0. The summed E-state index contributed by atoms with van der Waals surface area (Å²) in [6, 6.07) is 3.21. The third-order valence-corrected chi connectivity index (χ3v) is 3.61. The first kappa shape index (κ1) is 15.9. The first-order valence-electron chi connectivity index (χ1n) is 6.87. The van der Waals surface area contributed by atoms with Gasteiger partial charge in [-0.25, -0.2) is 9.97 Å². The molecule has 0 aliphatic carbocycles. The van der Waals surface area contributed by atoms with E-state index in [4.69, 9.17) is 4.74 Å². The van der Waals surface area contributed by atoms with Crippen molar-refractivity contribution >= 4 is 39.6 Å².